The third kappa shape index (κ3) is 6.22. The molecular formula is C15H32. The molecule has 0 N–H and O–H groups in total. The van der Waals surface area contributed by atoms with Gasteiger partial charge in [0.25, 0.3) is 0 Å². The van der Waals surface area contributed by atoms with E-state index < -0.39 is 0 Å². The van der Waals surface area contributed by atoms with Gasteiger partial charge in [-0.15, -0.1) is 0 Å². The van der Waals surface area contributed by atoms with Crippen LogP contribution in [-0.2, 0) is 0 Å². The van der Waals surface area contributed by atoms with Crippen molar-refractivity contribution in [3.8, 4) is 0 Å². The van der Waals surface area contributed by atoms with Gasteiger partial charge < -0.3 is 0 Å². The van der Waals surface area contributed by atoms with E-state index in [9.17, 15) is 0 Å². The molecule has 0 aliphatic rings. The van der Waals surface area contributed by atoms with Crippen molar-refractivity contribution in [1.29, 1.82) is 0 Å². The van der Waals surface area contributed by atoms with Crippen molar-refractivity contribution in [2.45, 2.75) is 80.1 Å². The number of unbranched alkanes of at least 4 members (excludes halogenated alkanes) is 2. The fraction of sp³-hybridized carbons (Fsp3) is 1.00. The molecule has 0 amide bonds. The van der Waals surface area contributed by atoms with Gasteiger partial charge in [0.1, 0.15) is 0 Å². The van der Waals surface area contributed by atoms with Crippen molar-refractivity contribution in [2.75, 3.05) is 0 Å². The highest BCUT2D eigenvalue weighted by Crippen LogP contribution is 2.38. The molecule has 0 saturated heterocycles. The Morgan fingerprint density at radius 1 is 1.00 bits per heavy atom. The van der Waals surface area contributed by atoms with Crippen LogP contribution < -0.4 is 0 Å². The SMILES string of the molecule is CCCCCC(CC)C(C)(C)CC(C)C. The first-order valence-electron chi connectivity index (χ1n) is 6.94. The van der Waals surface area contributed by atoms with E-state index in [0.717, 1.165) is 11.8 Å². The van der Waals surface area contributed by atoms with E-state index in [1.165, 1.54) is 38.5 Å². The summed E-state index contributed by atoms with van der Waals surface area (Å²) in [6, 6.07) is 0. The van der Waals surface area contributed by atoms with Gasteiger partial charge in [-0.1, -0.05) is 67.2 Å². The molecule has 15 heavy (non-hydrogen) atoms. The molecule has 0 aromatic carbocycles. The quantitative estimate of drug-likeness (QED) is 0.455. The fourth-order valence-electron chi connectivity index (χ4n) is 3.01. The first-order valence-corrected chi connectivity index (χ1v) is 6.94. The van der Waals surface area contributed by atoms with Crippen LogP contribution in [0.3, 0.4) is 0 Å². The summed E-state index contributed by atoms with van der Waals surface area (Å²) < 4.78 is 0. The van der Waals surface area contributed by atoms with Crippen LogP contribution in [0.2, 0.25) is 0 Å². The maximum atomic E-state index is 2.47. The highest BCUT2D eigenvalue weighted by molar-refractivity contribution is 4.78. The second kappa shape index (κ2) is 7.30. The largest absolute Gasteiger partial charge is 0.0654 e. The van der Waals surface area contributed by atoms with Crippen LogP contribution in [0.5, 0.6) is 0 Å². The highest BCUT2D eigenvalue weighted by Gasteiger charge is 2.28. The summed E-state index contributed by atoms with van der Waals surface area (Å²) in [5.41, 5.74) is 0.538. The van der Waals surface area contributed by atoms with Crippen LogP contribution in [0.4, 0.5) is 0 Å². The molecule has 0 aromatic heterocycles. The Morgan fingerprint density at radius 3 is 2.00 bits per heavy atom. The van der Waals surface area contributed by atoms with Gasteiger partial charge in [0.15, 0.2) is 0 Å². The van der Waals surface area contributed by atoms with Gasteiger partial charge in [0.05, 0.1) is 0 Å². The lowest BCUT2D eigenvalue weighted by molar-refractivity contribution is 0.152. The third-order valence-corrected chi connectivity index (χ3v) is 3.69. The zero-order valence-corrected chi connectivity index (χ0v) is 11.9. The van der Waals surface area contributed by atoms with E-state index in [2.05, 4.69) is 41.5 Å². The summed E-state index contributed by atoms with van der Waals surface area (Å²) in [5, 5.41) is 0. The summed E-state index contributed by atoms with van der Waals surface area (Å²) in [6.07, 6.45) is 8.34. The Labute approximate surface area is 97.8 Å². The second-order valence-electron chi connectivity index (χ2n) is 6.19. The maximum absolute atomic E-state index is 2.47. The van der Waals surface area contributed by atoms with Crippen molar-refractivity contribution in [1.82, 2.24) is 0 Å². The van der Waals surface area contributed by atoms with Gasteiger partial charge in [0, 0.05) is 0 Å². The second-order valence-corrected chi connectivity index (χ2v) is 6.19. The predicted molar refractivity (Wildman–Crippen MR) is 71.2 cm³/mol. The summed E-state index contributed by atoms with van der Waals surface area (Å²) >= 11 is 0. The fourth-order valence-corrected chi connectivity index (χ4v) is 3.01. The molecule has 0 radical (unpaired) electrons. The van der Waals surface area contributed by atoms with Crippen molar-refractivity contribution in [3.05, 3.63) is 0 Å². The van der Waals surface area contributed by atoms with Crippen LogP contribution in [0.15, 0.2) is 0 Å². The molecule has 0 rings (SSSR count). The van der Waals surface area contributed by atoms with Crippen LogP contribution in [0.1, 0.15) is 80.1 Å². The van der Waals surface area contributed by atoms with E-state index in [1.54, 1.807) is 0 Å². The molecule has 0 heteroatoms. The van der Waals surface area contributed by atoms with Gasteiger partial charge in [-0.05, 0) is 30.1 Å². The Balaban J connectivity index is 4.11. The average Bonchev–Trinajstić information content (AvgIpc) is 2.09. The zero-order valence-electron chi connectivity index (χ0n) is 11.9. The van der Waals surface area contributed by atoms with Crippen LogP contribution >= 0.6 is 0 Å². The predicted octanol–water partition coefficient (Wildman–Crippen LogP) is 5.67. The molecule has 0 fully saturated rings. The third-order valence-electron chi connectivity index (χ3n) is 3.69. The Hall–Kier alpha value is 0. The molecular weight excluding hydrogens is 180 g/mol. The van der Waals surface area contributed by atoms with Gasteiger partial charge in [-0.25, -0.2) is 0 Å². The molecule has 0 bridgehead atoms. The van der Waals surface area contributed by atoms with Crippen LogP contribution in [-0.4, -0.2) is 0 Å². The first kappa shape index (κ1) is 15.0. The lowest BCUT2D eigenvalue weighted by atomic mass is 9.70. The van der Waals surface area contributed by atoms with E-state index in [-0.39, 0.29) is 0 Å². The molecule has 0 saturated carbocycles. The van der Waals surface area contributed by atoms with E-state index in [4.69, 9.17) is 0 Å². The summed E-state index contributed by atoms with van der Waals surface area (Å²) in [7, 11) is 0. The van der Waals surface area contributed by atoms with E-state index in [0.29, 0.717) is 5.41 Å². The van der Waals surface area contributed by atoms with Crippen LogP contribution in [0, 0.1) is 17.3 Å². The zero-order chi connectivity index (χ0) is 11.9. The van der Waals surface area contributed by atoms with Crippen LogP contribution in [0.25, 0.3) is 0 Å². The van der Waals surface area contributed by atoms with Gasteiger partial charge in [-0.2, -0.15) is 0 Å². The number of rotatable bonds is 8. The molecule has 0 aromatic rings. The minimum absolute atomic E-state index is 0.538. The molecule has 1 atom stereocenters. The Bertz CT molecular complexity index is 144. The Morgan fingerprint density at radius 2 is 1.60 bits per heavy atom. The van der Waals surface area contributed by atoms with Crippen molar-refractivity contribution in [2.24, 2.45) is 17.3 Å². The minimum Gasteiger partial charge on any atom is -0.0654 e. The highest BCUT2D eigenvalue weighted by atomic mass is 14.3. The molecule has 1 unspecified atom stereocenters. The Kier molecular flexibility index (Phi) is 7.30. The standard InChI is InChI=1S/C15H32/c1-7-9-10-11-14(8-2)15(5,6)12-13(3)4/h13-14H,7-12H2,1-6H3. The average molecular weight is 212 g/mol. The lowest BCUT2D eigenvalue weighted by Crippen LogP contribution is -2.25. The summed E-state index contributed by atoms with van der Waals surface area (Å²) in [6.45, 7) is 14.3. The topological polar surface area (TPSA) is 0 Å². The van der Waals surface area contributed by atoms with Gasteiger partial charge in [0.2, 0.25) is 0 Å². The smallest absolute Gasteiger partial charge is 0.0324 e. The van der Waals surface area contributed by atoms with Gasteiger partial charge in [-0.3, -0.25) is 0 Å². The molecule has 0 spiro atoms. The van der Waals surface area contributed by atoms with Gasteiger partial charge >= 0.3 is 0 Å². The number of hydrogen-bond donors (Lipinski definition) is 0. The maximum Gasteiger partial charge on any atom is -0.0324 e. The normalized spacial score (nSPS) is 14.6. The molecule has 0 aliphatic heterocycles. The first-order chi connectivity index (χ1) is 6.94. The van der Waals surface area contributed by atoms with Crippen molar-refractivity contribution >= 4 is 0 Å². The molecule has 92 valence electrons. The van der Waals surface area contributed by atoms with Crippen molar-refractivity contribution in [3.63, 3.8) is 0 Å². The molecule has 0 aliphatic carbocycles. The summed E-state index contributed by atoms with van der Waals surface area (Å²) in [5.74, 6) is 1.76. The monoisotopic (exact) mass is 212 g/mol. The van der Waals surface area contributed by atoms with Crippen molar-refractivity contribution < 1.29 is 0 Å². The number of hydrogen-bond acceptors (Lipinski definition) is 0. The molecule has 0 heterocycles. The minimum atomic E-state index is 0.538. The molecule has 0 nitrogen and oxygen atoms in total. The van der Waals surface area contributed by atoms with E-state index in [1.807, 2.05) is 0 Å². The summed E-state index contributed by atoms with van der Waals surface area (Å²) in [4.78, 5) is 0. The van der Waals surface area contributed by atoms with E-state index >= 15 is 0 Å². The lowest BCUT2D eigenvalue weighted by Gasteiger charge is -2.35.